The Bertz CT molecular complexity index is 1230. The van der Waals surface area contributed by atoms with E-state index in [1.54, 1.807) is 0 Å². The van der Waals surface area contributed by atoms with Crippen molar-refractivity contribution < 1.29 is 32.9 Å². The highest BCUT2D eigenvalue weighted by atomic mass is 31.2. The van der Waals surface area contributed by atoms with Gasteiger partial charge in [0, 0.05) is 6.42 Å². The van der Waals surface area contributed by atoms with E-state index < -0.39 is 20.0 Å². The van der Waals surface area contributed by atoms with Gasteiger partial charge < -0.3 is 19.8 Å². The molecule has 3 unspecified atom stereocenters. The predicted octanol–water partition coefficient (Wildman–Crippen LogP) is 20.9. The van der Waals surface area contributed by atoms with Gasteiger partial charge in [0.05, 0.1) is 39.9 Å². The molecule has 75 heavy (non-hydrogen) atoms. The van der Waals surface area contributed by atoms with Crippen LogP contribution in [0.3, 0.4) is 0 Å². The standard InChI is InChI=1S/C66H133N2O6P/c1-6-8-10-12-14-16-18-20-22-24-25-26-27-28-29-30-31-32-33-34-35-36-37-38-39-40-41-42-43-44-46-48-50-52-54-56-58-60-66(70)67-64(63-74-75(71,72)73-62-61-68(3,4)5)65(69)59-57-55-53-51-49-47-45-23-21-19-17-15-13-11-9-7-2/h24-25,64-65,69H,6-23,26-63H2,1-5H3,(H-,67,70,71,72)/p+1/b25-24-. The molecule has 0 spiro atoms. The molecule has 9 heteroatoms. The number of phosphoric acid groups is 1. The molecule has 0 aromatic carbocycles. The molecule has 0 saturated carbocycles. The molecule has 0 aliphatic rings. The van der Waals surface area contributed by atoms with Gasteiger partial charge in [0.2, 0.25) is 5.91 Å². The van der Waals surface area contributed by atoms with Crippen LogP contribution in [0.2, 0.25) is 0 Å². The summed E-state index contributed by atoms with van der Waals surface area (Å²) in [6, 6.07) is -0.756. The Hall–Kier alpha value is -0.760. The van der Waals surface area contributed by atoms with Crippen LogP contribution in [-0.2, 0) is 18.4 Å². The van der Waals surface area contributed by atoms with Crippen LogP contribution in [0, 0.1) is 0 Å². The van der Waals surface area contributed by atoms with E-state index in [9.17, 15) is 19.4 Å². The van der Waals surface area contributed by atoms with E-state index in [4.69, 9.17) is 9.05 Å². The fourth-order valence-electron chi connectivity index (χ4n) is 10.5. The number of hydrogen-bond acceptors (Lipinski definition) is 5. The maximum atomic E-state index is 13.0. The highest BCUT2D eigenvalue weighted by Crippen LogP contribution is 2.43. The number of phosphoric ester groups is 1. The number of nitrogens with zero attached hydrogens (tertiary/aromatic N) is 1. The first kappa shape index (κ1) is 74.2. The summed E-state index contributed by atoms with van der Waals surface area (Å²) in [5, 5.41) is 14.1. The van der Waals surface area contributed by atoms with Crippen molar-refractivity contribution in [3.8, 4) is 0 Å². The lowest BCUT2D eigenvalue weighted by molar-refractivity contribution is -0.870. The number of nitrogens with one attached hydrogen (secondary N) is 1. The minimum absolute atomic E-state index is 0.0784. The van der Waals surface area contributed by atoms with Gasteiger partial charge >= 0.3 is 7.82 Å². The van der Waals surface area contributed by atoms with Gasteiger partial charge in [-0.25, -0.2) is 4.57 Å². The summed E-state index contributed by atoms with van der Waals surface area (Å²) in [6.07, 6.45) is 73.2. The van der Waals surface area contributed by atoms with E-state index >= 15 is 0 Å². The highest BCUT2D eigenvalue weighted by Gasteiger charge is 2.28. The van der Waals surface area contributed by atoms with Crippen LogP contribution in [0.25, 0.3) is 0 Å². The lowest BCUT2D eigenvalue weighted by Gasteiger charge is -2.26. The van der Waals surface area contributed by atoms with Gasteiger partial charge in [-0.3, -0.25) is 13.8 Å². The number of allylic oxidation sites excluding steroid dienone is 2. The lowest BCUT2D eigenvalue weighted by Crippen LogP contribution is -2.46. The van der Waals surface area contributed by atoms with Gasteiger partial charge in [-0.05, 0) is 38.5 Å². The van der Waals surface area contributed by atoms with Crippen molar-refractivity contribution in [2.24, 2.45) is 0 Å². The first-order chi connectivity index (χ1) is 36.5. The fraction of sp³-hybridized carbons (Fsp3) is 0.955. The van der Waals surface area contributed by atoms with Crippen LogP contribution in [0.15, 0.2) is 12.2 Å². The molecule has 3 atom stereocenters. The number of carbonyl (C=O) groups is 1. The van der Waals surface area contributed by atoms with Gasteiger partial charge in [-0.2, -0.15) is 0 Å². The Balaban J connectivity index is 3.88. The molecule has 0 heterocycles. The van der Waals surface area contributed by atoms with Crippen molar-refractivity contribution in [3.63, 3.8) is 0 Å². The van der Waals surface area contributed by atoms with Crippen LogP contribution in [0.1, 0.15) is 354 Å². The molecule has 0 aromatic heterocycles. The van der Waals surface area contributed by atoms with Crippen molar-refractivity contribution in [2.75, 3.05) is 40.9 Å². The van der Waals surface area contributed by atoms with E-state index in [1.165, 1.54) is 289 Å². The summed E-state index contributed by atoms with van der Waals surface area (Å²) in [4.78, 5) is 23.4. The molecule has 0 rings (SSSR count). The first-order valence-electron chi connectivity index (χ1n) is 33.6. The van der Waals surface area contributed by atoms with E-state index in [0.29, 0.717) is 23.9 Å². The quantitative estimate of drug-likeness (QED) is 0.0243. The second-order valence-corrected chi connectivity index (χ2v) is 26.0. The summed E-state index contributed by atoms with van der Waals surface area (Å²) in [5.41, 5.74) is 0. The third-order valence-electron chi connectivity index (χ3n) is 15.8. The maximum absolute atomic E-state index is 13.0. The SMILES string of the molecule is CCCCCCCCCC/C=C\CCCCCCCCCCCCCCCCCCCCCCCCCCCC(=O)NC(COP(=O)(O)OCC[N+](C)(C)C)C(O)CCCCCCCCCCCCCCCCCC. The molecule has 448 valence electrons. The molecule has 8 nitrogen and oxygen atoms in total. The van der Waals surface area contributed by atoms with Gasteiger partial charge in [0.15, 0.2) is 0 Å². The number of amides is 1. The topological polar surface area (TPSA) is 105 Å². The van der Waals surface area contributed by atoms with Crippen molar-refractivity contribution in [2.45, 2.75) is 366 Å². The van der Waals surface area contributed by atoms with Gasteiger partial charge in [0.25, 0.3) is 0 Å². The second-order valence-electron chi connectivity index (χ2n) is 24.6. The number of aliphatic hydroxyl groups excluding tert-OH is 1. The molecule has 1 amide bonds. The van der Waals surface area contributed by atoms with Crippen molar-refractivity contribution in [3.05, 3.63) is 12.2 Å². The fourth-order valence-corrected chi connectivity index (χ4v) is 11.3. The normalized spacial score (nSPS) is 13.7. The van der Waals surface area contributed by atoms with Crippen LogP contribution in [-0.4, -0.2) is 73.4 Å². The molecule has 3 N–H and O–H groups in total. The Morgan fingerprint density at radius 1 is 0.440 bits per heavy atom. The molecule has 0 aliphatic carbocycles. The summed E-state index contributed by atoms with van der Waals surface area (Å²) < 4.78 is 23.8. The van der Waals surface area contributed by atoms with Crippen LogP contribution in [0.5, 0.6) is 0 Å². The van der Waals surface area contributed by atoms with Crippen LogP contribution in [0.4, 0.5) is 0 Å². The molecule has 0 aliphatic heterocycles. The molecule has 0 radical (unpaired) electrons. The van der Waals surface area contributed by atoms with E-state index in [1.807, 2.05) is 21.1 Å². The number of carbonyl (C=O) groups excluding carboxylic acids is 1. The third-order valence-corrected chi connectivity index (χ3v) is 16.7. The number of likely N-dealkylation sites (N-methyl/N-ethyl adjacent to an activating group) is 1. The summed E-state index contributed by atoms with van der Waals surface area (Å²) >= 11 is 0. The zero-order valence-electron chi connectivity index (χ0n) is 51.3. The number of hydrogen-bond donors (Lipinski definition) is 3. The Morgan fingerprint density at radius 2 is 0.720 bits per heavy atom. The maximum Gasteiger partial charge on any atom is 0.472 e. The van der Waals surface area contributed by atoms with Crippen LogP contribution >= 0.6 is 7.82 Å². The van der Waals surface area contributed by atoms with E-state index in [0.717, 1.165) is 38.5 Å². The van der Waals surface area contributed by atoms with Gasteiger partial charge in [-0.1, -0.05) is 321 Å². The Labute approximate surface area is 469 Å². The van der Waals surface area contributed by atoms with Gasteiger partial charge in [-0.15, -0.1) is 0 Å². The molecular weight excluding hydrogens is 948 g/mol. The second kappa shape index (κ2) is 57.9. The first-order valence-corrected chi connectivity index (χ1v) is 35.0. The summed E-state index contributed by atoms with van der Waals surface area (Å²) in [5.74, 6) is -0.136. The average Bonchev–Trinajstić information content (AvgIpc) is 3.37. The molecule has 0 aromatic rings. The third kappa shape index (κ3) is 60.7. The molecule has 0 saturated heterocycles. The minimum Gasteiger partial charge on any atom is -0.391 e. The predicted molar refractivity (Wildman–Crippen MR) is 328 cm³/mol. The monoisotopic (exact) mass is 1080 g/mol. The highest BCUT2D eigenvalue weighted by molar-refractivity contribution is 7.47. The van der Waals surface area contributed by atoms with Gasteiger partial charge in [0.1, 0.15) is 13.2 Å². The zero-order chi connectivity index (χ0) is 54.9. The Kier molecular flexibility index (Phi) is 57.3. The molecule has 0 fully saturated rings. The summed E-state index contributed by atoms with van der Waals surface area (Å²) in [7, 11) is 1.64. The zero-order valence-corrected chi connectivity index (χ0v) is 52.2. The summed E-state index contributed by atoms with van der Waals surface area (Å²) in [6.45, 7) is 4.94. The number of quaternary nitrogens is 1. The number of rotatable bonds is 63. The van der Waals surface area contributed by atoms with Crippen molar-refractivity contribution in [1.29, 1.82) is 0 Å². The minimum atomic E-state index is -4.32. The van der Waals surface area contributed by atoms with E-state index in [-0.39, 0.29) is 19.1 Å². The lowest BCUT2D eigenvalue weighted by atomic mass is 10.0. The van der Waals surface area contributed by atoms with Crippen molar-refractivity contribution in [1.82, 2.24) is 5.32 Å². The molecule has 0 bridgehead atoms. The largest absolute Gasteiger partial charge is 0.472 e. The number of unbranched alkanes of at least 4 members (excludes halogenated alkanes) is 48. The average molecular weight is 1080 g/mol. The van der Waals surface area contributed by atoms with Crippen LogP contribution < -0.4 is 5.32 Å². The number of aliphatic hydroxyl groups is 1. The Morgan fingerprint density at radius 3 is 1.03 bits per heavy atom. The molecular formula is C66H134N2O6P+. The van der Waals surface area contributed by atoms with Crippen molar-refractivity contribution >= 4 is 13.7 Å². The van der Waals surface area contributed by atoms with E-state index in [2.05, 4.69) is 31.3 Å². The smallest absolute Gasteiger partial charge is 0.391 e.